The van der Waals surface area contributed by atoms with Crippen molar-refractivity contribution >= 4 is 17.6 Å². The van der Waals surface area contributed by atoms with Crippen LogP contribution in [0.5, 0.6) is 0 Å². The van der Waals surface area contributed by atoms with Gasteiger partial charge in [-0.1, -0.05) is 34.1 Å². The van der Waals surface area contributed by atoms with E-state index in [1.54, 1.807) is 0 Å². The molecule has 10 heteroatoms. The maximum Gasteiger partial charge on any atom is 0.679 e. The SMILES string of the molecule is CCCOC1(OCCC)CCCC[Si]1(OCCC)OCCC.CCO[Si](OCC)(OCC)OCC. The molecule has 0 unspecified atom stereocenters. The lowest BCUT2D eigenvalue weighted by Gasteiger charge is -2.48. The van der Waals surface area contributed by atoms with Crippen LogP contribution >= 0.6 is 0 Å². The van der Waals surface area contributed by atoms with Crippen LogP contribution in [0.4, 0.5) is 0 Å². The highest BCUT2D eigenvalue weighted by Crippen LogP contribution is 2.42. The molecule has 1 fully saturated rings. The van der Waals surface area contributed by atoms with Crippen molar-refractivity contribution in [1.82, 2.24) is 0 Å². The second-order valence-corrected chi connectivity index (χ2v) is 13.8. The first-order chi connectivity index (χ1) is 16.9. The number of hydrogen-bond donors (Lipinski definition) is 0. The molecule has 0 radical (unpaired) electrons. The van der Waals surface area contributed by atoms with Crippen LogP contribution in [-0.4, -0.2) is 75.9 Å². The maximum atomic E-state index is 6.40. The van der Waals surface area contributed by atoms with Gasteiger partial charge in [-0.15, -0.1) is 0 Å². The largest absolute Gasteiger partial charge is 0.679 e. The van der Waals surface area contributed by atoms with Crippen LogP contribution in [0.25, 0.3) is 0 Å². The molecule has 0 aromatic heterocycles. The molecule has 0 N–H and O–H groups in total. The molecule has 8 nitrogen and oxygen atoms in total. The second-order valence-electron chi connectivity index (χ2n) is 8.34. The molecule has 0 spiro atoms. The standard InChI is InChI=1S/C17H36O4Si.C8H20O4Si/c1-5-12-18-17(19-13-6-2)11-9-10-16-22(17,20-14-7-3)21-15-8-4;1-5-9-13(10-6-2,11-7-3)12-8-4/h5-16H2,1-4H3;5-8H2,1-4H3. The van der Waals surface area contributed by atoms with Crippen molar-refractivity contribution < 1.29 is 36.0 Å². The number of ether oxygens (including phenoxy) is 2. The van der Waals surface area contributed by atoms with Gasteiger partial charge in [0.15, 0.2) is 0 Å². The first kappa shape index (κ1) is 35.1. The molecule has 212 valence electrons. The van der Waals surface area contributed by atoms with Crippen LogP contribution in [0.1, 0.15) is 100 Å². The smallest absolute Gasteiger partial charge is 0.391 e. The summed E-state index contributed by atoms with van der Waals surface area (Å²) in [6.45, 7) is 21.3. The van der Waals surface area contributed by atoms with Gasteiger partial charge < -0.3 is 36.0 Å². The molecular weight excluding hydrogens is 484 g/mol. The highest BCUT2D eigenvalue weighted by molar-refractivity contribution is 6.70. The Hall–Kier alpha value is 0.114. The first-order valence-corrected chi connectivity index (χ1v) is 17.7. The third kappa shape index (κ3) is 12.0. The Bertz CT molecular complexity index is 411. The van der Waals surface area contributed by atoms with Crippen molar-refractivity contribution in [3.8, 4) is 0 Å². The van der Waals surface area contributed by atoms with Gasteiger partial charge in [-0.3, -0.25) is 0 Å². The zero-order valence-corrected chi connectivity index (χ0v) is 26.1. The van der Waals surface area contributed by atoms with E-state index in [9.17, 15) is 0 Å². The van der Waals surface area contributed by atoms with E-state index in [1.165, 1.54) is 0 Å². The van der Waals surface area contributed by atoms with E-state index < -0.39 is 23.0 Å². The monoisotopic (exact) mass is 540 g/mol. The van der Waals surface area contributed by atoms with Gasteiger partial charge in [0.05, 0.1) is 0 Å². The van der Waals surface area contributed by atoms with Crippen molar-refractivity contribution in [3.05, 3.63) is 0 Å². The minimum Gasteiger partial charge on any atom is -0.391 e. The van der Waals surface area contributed by atoms with Crippen LogP contribution in [0.2, 0.25) is 6.04 Å². The van der Waals surface area contributed by atoms with E-state index in [2.05, 4.69) is 27.7 Å². The molecule has 0 aromatic rings. The molecule has 1 rings (SSSR count). The van der Waals surface area contributed by atoms with Gasteiger partial charge in [-0.2, -0.15) is 0 Å². The molecule has 1 aliphatic heterocycles. The minimum atomic E-state index is -2.80. The van der Waals surface area contributed by atoms with Crippen LogP contribution < -0.4 is 0 Å². The molecule has 0 aromatic carbocycles. The minimum absolute atomic E-state index is 0.548. The van der Waals surface area contributed by atoms with Gasteiger partial charge in [-0.25, -0.2) is 0 Å². The Morgan fingerprint density at radius 2 is 0.971 bits per heavy atom. The fourth-order valence-electron chi connectivity index (χ4n) is 3.93. The summed E-state index contributed by atoms with van der Waals surface area (Å²) in [5.74, 6) is 0. The quantitative estimate of drug-likeness (QED) is 0.135. The maximum absolute atomic E-state index is 6.40. The van der Waals surface area contributed by atoms with Crippen LogP contribution in [-0.2, 0) is 36.0 Å². The van der Waals surface area contributed by atoms with Gasteiger partial charge in [0, 0.05) is 59.3 Å². The normalized spacial score (nSPS) is 17.1. The lowest BCUT2D eigenvalue weighted by molar-refractivity contribution is -0.217. The van der Waals surface area contributed by atoms with Crippen LogP contribution in [0.3, 0.4) is 0 Å². The molecule has 0 amide bonds. The summed E-state index contributed by atoms with van der Waals surface area (Å²) >= 11 is 0. The lowest BCUT2D eigenvalue weighted by Crippen LogP contribution is -2.67. The summed E-state index contributed by atoms with van der Waals surface area (Å²) in [4.78, 5) is 0. The van der Waals surface area contributed by atoms with Gasteiger partial charge >= 0.3 is 17.6 Å². The van der Waals surface area contributed by atoms with E-state index in [0.29, 0.717) is 39.6 Å². The molecule has 1 saturated heterocycles. The zero-order chi connectivity index (χ0) is 26.5. The highest BCUT2D eigenvalue weighted by Gasteiger charge is 2.62. The van der Waals surface area contributed by atoms with Crippen LogP contribution in [0, 0.1) is 0 Å². The van der Waals surface area contributed by atoms with Crippen molar-refractivity contribution in [2.75, 3.05) is 52.9 Å². The molecule has 0 bridgehead atoms. The molecule has 1 heterocycles. The van der Waals surface area contributed by atoms with Crippen molar-refractivity contribution in [2.45, 2.75) is 112 Å². The van der Waals surface area contributed by atoms with Gasteiger partial charge in [0.2, 0.25) is 5.41 Å². The highest BCUT2D eigenvalue weighted by atomic mass is 28.4. The summed E-state index contributed by atoms with van der Waals surface area (Å²) < 4.78 is 47.1. The molecular formula is C25H56O8Si2. The van der Waals surface area contributed by atoms with Crippen molar-refractivity contribution in [2.24, 2.45) is 0 Å². The predicted molar refractivity (Wildman–Crippen MR) is 144 cm³/mol. The number of rotatable bonds is 20. The van der Waals surface area contributed by atoms with Gasteiger partial charge in [0.1, 0.15) is 0 Å². The third-order valence-corrected chi connectivity index (χ3v) is 11.9. The predicted octanol–water partition coefficient (Wildman–Crippen LogP) is 6.12. The summed E-state index contributed by atoms with van der Waals surface area (Å²) in [6.07, 6.45) is 7.18. The van der Waals surface area contributed by atoms with Crippen molar-refractivity contribution in [3.63, 3.8) is 0 Å². The molecule has 0 aliphatic carbocycles. The number of hydrogen-bond acceptors (Lipinski definition) is 8. The second kappa shape index (κ2) is 21.1. The van der Waals surface area contributed by atoms with E-state index in [1.807, 2.05) is 27.7 Å². The summed E-state index contributed by atoms with van der Waals surface area (Å²) in [5.41, 5.74) is -0.610. The average molecular weight is 541 g/mol. The lowest BCUT2D eigenvalue weighted by atomic mass is 10.2. The Morgan fingerprint density at radius 1 is 0.571 bits per heavy atom. The van der Waals surface area contributed by atoms with Crippen LogP contribution in [0.15, 0.2) is 0 Å². The van der Waals surface area contributed by atoms with Crippen molar-refractivity contribution in [1.29, 1.82) is 0 Å². The Morgan fingerprint density at radius 3 is 1.31 bits per heavy atom. The van der Waals surface area contributed by atoms with E-state index in [4.69, 9.17) is 36.0 Å². The Labute approximate surface area is 218 Å². The van der Waals surface area contributed by atoms with Gasteiger partial charge in [-0.05, 0) is 65.8 Å². The molecule has 1 aliphatic rings. The average Bonchev–Trinajstić information content (AvgIpc) is 2.86. The molecule has 0 saturated carbocycles. The van der Waals surface area contributed by atoms with E-state index in [-0.39, 0.29) is 0 Å². The molecule has 35 heavy (non-hydrogen) atoms. The zero-order valence-electron chi connectivity index (χ0n) is 24.1. The Kier molecular flexibility index (Phi) is 21.2. The first-order valence-electron chi connectivity index (χ1n) is 14.1. The summed E-state index contributed by atoms with van der Waals surface area (Å²) in [5, 5.41) is 0. The third-order valence-electron chi connectivity index (χ3n) is 5.28. The van der Waals surface area contributed by atoms with Gasteiger partial charge in [0.25, 0.3) is 0 Å². The van der Waals surface area contributed by atoms with E-state index in [0.717, 1.165) is 64.2 Å². The molecule has 0 atom stereocenters. The fourth-order valence-corrected chi connectivity index (χ4v) is 10.0. The Balaban J connectivity index is 0.000000761. The summed E-state index contributed by atoms with van der Waals surface area (Å²) in [6, 6.07) is 0.987. The topological polar surface area (TPSA) is 73.8 Å². The summed E-state index contributed by atoms with van der Waals surface area (Å²) in [7, 11) is -5.32. The fraction of sp³-hybridized carbons (Fsp3) is 1.00. The van der Waals surface area contributed by atoms with E-state index >= 15 is 0 Å².